The molecule has 0 unspecified atom stereocenters. The van der Waals surface area contributed by atoms with Crippen molar-refractivity contribution in [1.82, 2.24) is 5.32 Å². The fourth-order valence-corrected chi connectivity index (χ4v) is 4.20. The van der Waals surface area contributed by atoms with Crippen molar-refractivity contribution in [3.05, 3.63) is 95.6 Å². The second kappa shape index (κ2) is 8.92. The Morgan fingerprint density at radius 3 is 2.14 bits per heavy atom. The fraction of sp³-hybridized carbons (Fsp3) is 0.174. The van der Waals surface area contributed by atoms with E-state index < -0.39 is 10.0 Å². The summed E-state index contributed by atoms with van der Waals surface area (Å²) < 4.78 is 27.3. The van der Waals surface area contributed by atoms with Crippen molar-refractivity contribution >= 4 is 21.6 Å². The molecule has 6 heteroatoms. The Balaban J connectivity index is 1.71. The van der Waals surface area contributed by atoms with Crippen LogP contribution >= 0.6 is 0 Å². The summed E-state index contributed by atoms with van der Waals surface area (Å²) in [7, 11) is -3.66. The standard InChI is InChI=1S/C23H24N2O3S/c1-3-22(21-12-8-7-9-17(21)2)24-23(26)18-13-15-19(16-14-18)25-29(27,28)20-10-5-4-6-11-20/h4-16,22,25H,3H2,1-2H3,(H,24,26)/t22-/m1/s1. The molecular formula is C23H24N2O3S. The lowest BCUT2D eigenvalue weighted by Gasteiger charge is -2.19. The van der Waals surface area contributed by atoms with Crippen LogP contribution in [0.4, 0.5) is 5.69 Å². The van der Waals surface area contributed by atoms with E-state index in [2.05, 4.69) is 10.0 Å². The van der Waals surface area contributed by atoms with E-state index in [1.807, 2.05) is 38.1 Å². The van der Waals surface area contributed by atoms with Crippen LogP contribution in [0.15, 0.2) is 83.8 Å². The fourth-order valence-electron chi connectivity index (χ4n) is 3.12. The summed E-state index contributed by atoms with van der Waals surface area (Å²) in [6.45, 7) is 4.05. The lowest BCUT2D eigenvalue weighted by atomic mass is 9.99. The van der Waals surface area contributed by atoms with Gasteiger partial charge in [0.2, 0.25) is 0 Å². The zero-order chi connectivity index (χ0) is 20.9. The summed E-state index contributed by atoms with van der Waals surface area (Å²) >= 11 is 0. The van der Waals surface area contributed by atoms with Gasteiger partial charge in [-0.05, 0) is 60.9 Å². The van der Waals surface area contributed by atoms with E-state index in [0.717, 1.165) is 17.5 Å². The van der Waals surface area contributed by atoms with Crippen molar-refractivity contribution in [2.75, 3.05) is 4.72 Å². The second-order valence-electron chi connectivity index (χ2n) is 6.79. The van der Waals surface area contributed by atoms with Crippen molar-refractivity contribution < 1.29 is 13.2 Å². The molecule has 5 nitrogen and oxygen atoms in total. The van der Waals surface area contributed by atoms with Crippen molar-refractivity contribution in [1.29, 1.82) is 0 Å². The molecule has 0 saturated carbocycles. The first-order valence-corrected chi connectivity index (χ1v) is 10.9. The minimum Gasteiger partial charge on any atom is -0.345 e. The van der Waals surface area contributed by atoms with Crippen LogP contribution in [0.2, 0.25) is 0 Å². The van der Waals surface area contributed by atoms with E-state index >= 15 is 0 Å². The summed E-state index contributed by atoms with van der Waals surface area (Å²) in [6.07, 6.45) is 0.769. The van der Waals surface area contributed by atoms with Crippen molar-refractivity contribution in [2.24, 2.45) is 0 Å². The number of hydrogen-bond acceptors (Lipinski definition) is 3. The Morgan fingerprint density at radius 1 is 0.897 bits per heavy atom. The Labute approximate surface area is 171 Å². The summed E-state index contributed by atoms with van der Waals surface area (Å²) in [5, 5.41) is 3.06. The molecule has 0 saturated heterocycles. The van der Waals surface area contributed by atoms with E-state index in [9.17, 15) is 13.2 Å². The van der Waals surface area contributed by atoms with Gasteiger partial charge < -0.3 is 5.32 Å². The van der Waals surface area contributed by atoms with Gasteiger partial charge in [-0.15, -0.1) is 0 Å². The predicted octanol–water partition coefficient (Wildman–Crippen LogP) is 4.68. The normalized spacial score (nSPS) is 12.2. The first kappa shape index (κ1) is 20.6. The maximum Gasteiger partial charge on any atom is 0.261 e. The van der Waals surface area contributed by atoms with Crippen LogP contribution in [0.5, 0.6) is 0 Å². The monoisotopic (exact) mass is 408 g/mol. The smallest absolute Gasteiger partial charge is 0.261 e. The number of carbonyl (C=O) groups excluding carboxylic acids is 1. The SMILES string of the molecule is CC[C@@H](NC(=O)c1ccc(NS(=O)(=O)c2ccccc2)cc1)c1ccccc1C. The van der Waals surface area contributed by atoms with Gasteiger partial charge in [-0.25, -0.2) is 8.42 Å². The molecule has 3 aromatic rings. The largest absolute Gasteiger partial charge is 0.345 e. The highest BCUT2D eigenvalue weighted by Crippen LogP contribution is 2.21. The average molecular weight is 409 g/mol. The number of amides is 1. The molecule has 0 aliphatic heterocycles. The Hall–Kier alpha value is -3.12. The van der Waals surface area contributed by atoms with Gasteiger partial charge in [0.1, 0.15) is 0 Å². The number of anilines is 1. The quantitative estimate of drug-likeness (QED) is 0.596. The number of sulfonamides is 1. The van der Waals surface area contributed by atoms with E-state index in [0.29, 0.717) is 11.3 Å². The average Bonchev–Trinajstić information content (AvgIpc) is 2.73. The molecular weight excluding hydrogens is 384 g/mol. The van der Waals surface area contributed by atoms with Crippen LogP contribution in [-0.2, 0) is 10.0 Å². The second-order valence-corrected chi connectivity index (χ2v) is 8.47. The molecule has 0 radical (unpaired) electrons. The number of carbonyl (C=O) groups is 1. The van der Waals surface area contributed by atoms with Crippen molar-refractivity contribution in [3.63, 3.8) is 0 Å². The van der Waals surface area contributed by atoms with E-state index in [4.69, 9.17) is 0 Å². The predicted molar refractivity (Wildman–Crippen MR) is 115 cm³/mol. The zero-order valence-electron chi connectivity index (χ0n) is 16.4. The van der Waals surface area contributed by atoms with Gasteiger partial charge in [0, 0.05) is 11.3 Å². The van der Waals surface area contributed by atoms with Crippen LogP contribution in [0.3, 0.4) is 0 Å². The topological polar surface area (TPSA) is 75.3 Å². The molecule has 0 bridgehead atoms. The molecule has 29 heavy (non-hydrogen) atoms. The summed E-state index contributed by atoms with van der Waals surface area (Å²) in [5.74, 6) is -0.197. The third-order valence-corrected chi connectivity index (χ3v) is 6.13. The highest BCUT2D eigenvalue weighted by atomic mass is 32.2. The molecule has 0 aliphatic rings. The molecule has 3 aromatic carbocycles. The number of hydrogen-bond donors (Lipinski definition) is 2. The molecule has 1 amide bonds. The van der Waals surface area contributed by atoms with Gasteiger partial charge in [-0.2, -0.15) is 0 Å². The maximum atomic E-state index is 12.7. The molecule has 1 atom stereocenters. The molecule has 150 valence electrons. The van der Waals surface area contributed by atoms with Crippen LogP contribution in [0, 0.1) is 6.92 Å². The lowest BCUT2D eigenvalue weighted by molar-refractivity contribution is 0.0935. The van der Waals surface area contributed by atoms with Crippen LogP contribution in [0.25, 0.3) is 0 Å². The minimum atomic E-state index is -3.66. The van der Waals surface area contributed by atoms with Gasteiger partial charge >= 0.3 is 0 Å². The van der Waals surface area contributed by atoms with Gasteiger partial charge in [0.15, 0.2) is 0 Å². The molecule has 2 N–H and O–H groups in total. The van der Waals surface area contributed by atoms with E-state index in [1.54, 1.807) is 42.5 Å². The zero-order valence-corrected chi connectivity index (χ0v) is 17.2. The molecule has 0 fully saturated rings. The summed E-state index contributed by atoms with van der Waals surface area (Å²) in [5.41, 5.74) is 3.09. The highest BCUT2D eigenvalue weighted by Gasteiger charge is 2.17. The number of benzene rings is 3. The Bertz CT molecular complexity index is 1080. The van der Waals surface area contributed by atoms with E-state index in [-0.39, 0.29) is 16.8 Å². The summed E-state index contributed by atoms with van der Waals surface area (Å²) in [4.78, 5) is 12.9. The first-order valence-electron chi connectivity index (χ1n) is 9.45. The van der Waals surface area contributed by atoms with Gasteiger partial charge in [0.05, 0.1) is 10.9 Å². The third-order valence-electron chi connectivity index (χ3n) is 4.73. The van der Waals surface area contributed by atoms with Crippen molar-refractivity contribution in [2.45, 2.75) is 31.2 Å². The molecule has 0 aromatic heterocycles. The van der Waals surface area contributed by atoms with Crippen molar-refractivity contribution in [3.8, 4) is 0 Å². The molecule has 0 spiro atoms. The number of nitrogens with one attached hydrogen (secondary N) is 2. The van der Waals surface area contributed by atoms with Crippen LogP contribution < -0.4 is 10.0 Å². The number of rotatable bonds is 7. The third kappa shape index (κ3) is 5.03. The van der Waals surface area contributed by atoms with Crippen LogP contribution in [0.1, 0.15) is 40.9 Å². The molecule has 0 heterocycles. The van der Waals surface area contributed by atoms with Gasteiger partial charge in [-0.3, -0.25) is 9.52 Å². The Kier molecular flexibility index (Phi) is 6.34. The summed E-state index contributed by atoms with van der Waals surface area (Å²) in [6, 6.07) is 22.4. The first-order chi connectivity index (χ1) is 13.9. The van der Waals surface area contributed by atoms with Gasteiger partial charge in [-0.1, -0.05) is 49.4 Å². The maximum absolute atomic E-state index is 12.7. The number of aryl methyl sites for hydroxylation is 1. The van der Waals surface area contributed by atoms with E-state index in [1.165, 1.54) is 12.1 Å². The Morgan fingerprint density at radius 2 is 1.52 bits per heavy atom. The van der Waals surface area contributed by atoms with Crippen LogP contribution in [-0.4, -0.2) is 14.3 Å². The molecule has 3 rings (SSSR count). The lowest BCUT2D eigenvalue weighted by Crippen LogP contribution is -2.28. The highest BCUT2D eigenvalue weighted by molar-refractivity contribution is 7.92. The van der Waals surface area contributed by atoms with Gasteiger partial charge in [0.25, 0.3) is 15.9 Å². The minimum absolute atomic E-state index is 0.0834. The molecule has 0 aliphatic carbocycles.